The number of carbonyl (C=O) groups excluding carboxylic acids is 1. The van der Waals surface area contributed by atoms with Gasteiger partial charge in [0.2, 0.25) is 5.95 Å². The molecule has 1 amide bonds. The summed E-state index contributed by atoms with van der Waals surface area (Å²) in [7, 11) is 4.03. The van der Waals surface area contributed by atoms with Crippen molar-refractivity contribution in [2.75, 3.05) is 56.5 Å². The zero-order chi connectivity index (χ0) is 33.9. The molecule has 4 fully saturated rings. The summed E-state index contributed by atoms with van der Waals surface area (Å²) in [4.78, 5) is 30.5. The van der Waals surface area contributed by atoms with Crippen LogP contribution in [0.4, 0.5) is 16.0 Å². The lowest BCUT2D eigenvalue weighted by molar-refractivity contribution is -0.0704. The van der Waals surface area contributed by atoms with Gasteiger partial charge in [-0.3, -0.25) is 24.7 Å². The zero-order valence-corrected chi connectivity index (χ0v) is 28.9. The van der Waals surface area contributed by atoms with E-state index in [9.17, 15) is 9.90 Å². The van der Waals surface area contributed by atoms with Crippen molar-refractivity contribution < 1.29 is 14.3 Å². The molecule has 6 heterocycles. The second-order valence-corrected chi connectivity index (χ2v) is 15.1. The number of anilines is 2. The molecule has 4 aliphatic rings. The molecule has 1 spiro atoms. The molecule has 3 saturated heterocycles. The number of carbonyl (C=O) groups is 1. The van der Waals surface area contributed by atoms with Gasteiger partial charge in [0, 0.05) is 68.5 Å². The second-order valence-electron chi connectivity index (χ2n) is 15.1. The average molecular weight is 670 g/mol. The summed E-state index contributed by atoms with van der Waals surface area (Å²) in [5, 5.41) is 17.5. The van der Waals surface area contributed by atoms with E-state index in [1.807, 2.05) is 13.0 Å². The van der Waals surface area contributed by atoms with Crippen molar-refractivity contribution in [3.05, 3.63) is 53.7 Å². The van der Waals surface area contributed by atoms with Gasteiger partial charge in [-0.15, -0.1) is 0 Å². The smallest absolute Gasteiger partial charge is 0.261 e. The highest BCUT2D eigenvalue weighted by molar-refractivity contribution is 6.05. The van der Waals surface area contributed by atoms with Crippen LogP contribution in [0.3, 0.4) is 0 Å². The number of aliphatic hydroxyl groups is 1. The van der Waals surface area contributed by atoms with Gasteiger partial charge < -0.3 is 19.5 Å². The highest BCUT2D eigenvalue weighted by Crippen LogP contribution is 2.43. The largest absolute Gasteiger partial charge is 0.393 e. The fourth-order valence-corrected chi connectivity index (χ4v) is 8.73. The number of aryl methyl sites for hydroxylation is 1. The second kappa shape index (κ2) is 12.8. The number of hydrogen-bond donors (Lipinski definition) is 2. The fourth-order valence-electron chi connectivity index (χ4n) is 8.73. The van der Waals surface area contributed by atoms with Crippen LogP contribution in [-0.2, 0) is 7.05 Å². The Morgan fingerprint density at radius 2 is 1.71 bits per heavy atom. The lowest BCUT2D eigenvalue weighted by Crippen LogP contribution is -2.63. The van der Waals surface area contributed by atoms with Gasteiger partial charge in [0.25, 0.3) is 5.91 Å². The number of hydrogen-bond acceptors (Lipinski definition) is 8. The molecule has 2 N–H and O–H groups in total. The van der Waals surface area contributed by atoms with Crippen LogP contribution in [0.5, 0.6) is 0 Å². The third-order valence-electron chi connectivity index (χ3n) is 12.0. The fraction of sp³-hybridized carbons (Fsp3) is 0.568. The number of amides is 1. The molecule has 260 valence electrons. The Balaban J connectivity index is 1.02. The molecule has 12 heteroatoms. The molecule has 3 aromatic heterocycles. The Kier molecular flexibility index (Phi) is 8.44. The van der Waals surface area contributed by atoms with Gasteiger partial charge in [-0.2, -0.15) is 5.10 Å². The average Bonchev–Trinajstić information content (AvgIpc) is 3.62. The van der Waals surface area contributed by atoms with Gasteiger partial charge in [0.05, 0.1) is 28.9 Å². The van der Waals surface area contributed by atoms with E-state index in [1.54, 1.807) is 17.9 Å². The maximum Gasteiger partial charge on any atom is 0.261 e. The summed E-state index contributed by atoms with van der Waals surface area (Å²) < 4.78 is 19.6. The van der Waals surface area contributed by atoms with E-state index in [0.29, 0.717) is 35.8 Å². The lowest BCUT2D eigenvalue weighted by atomic mass is 9.71. The van der Waals surface area contributed by atoms with Crippen LogP contribution in [0, 0.1) is 18.2 Å². The molecule has 0 atom stereocenters. The Morgan fingerprint density at radius 1 is 0.980 bits per heavy atom. The Bertz CT molecular complexity index is 1840. The van der Waals surface area contributed by atoms with Crippen molar-refractivity contribution in [3.63, 3.8) is 0 Å². The van der Waals surface area contributed by atoms with Crippen molar-refractivity contribution in [3.8, 4) is 11.3 Å². The first kappa shape index (κ1) is 32.3. The number of aliphatic hydroxyl groups excluding tert-OH is 1. The van der Waals surface area contributed by atoms with E-state index in [0.717, 1.165) is 61.2 Å². The zero-order valence-electron chi connectivity index (χ0n) is 28.9. The molecule has 1 saturated carbocycles. The van der Waals surface area contributed by atoms with Crippen LogP contribution in [-0.4, -0.2) is 104 Å². The van der Waals surface area contributed by atoms with Crippen LogP contribution in [0.1, 0.15) is 73.5 Å². The molecule has 8 rings (SSSR count). The number of fused-ring (bicyclic) bond motifs is 1. The number of likely N-dealkylation sites (tertiary alicyclic amines) is 2. The van der Waals surface area contributed by atoms with E-state index in [4.69, 9.17) is 4.98 Å². The first-order valence-electron chi connectivity index (χ1n) is 18.0. The number of aromatic nitrogens is 5. The minimum absolute atomic E-state index is 0.0545. The Labute approximate surface area is 287 Å². The molecule has 0 bridgehead atoms. The van der Waals surface area contributed by atoms with Gasteiger partial charge in [-0.25, -0.2) is 9.37 Å². The summed E-state index contributed by atoms with van der Waals surface area (Å²) in [6.07, 6.45) is 10.6. The van der Waals surface area contributed by atoms with Crippen LogP contribution >= 0.6 is 0 Å². The Morgan fingerprint density at radius 3 is 2.41 bits per heavy atom. The van der Waals surface area contributed by atoms with Crippen molar-refractivity contribution >= 4 is 28.6 Å². The number of nitrogens with zero attached hydrogens (tertiary/aromatic N) is 8. The van der Waals surface area contributed by atoms with Crippen LogP contribution in [0.15, 0.2) is 36.7 Å². The molecular formula is C37H48FN9O2. The van der Waals surface area contributed by atoms with E-state index in [-0.39, 0.29) is 23.4 Å². The monoisotopic (exact) mass is 669 g/mol. The molecular weight excluding hydrogens is 621 g/mol. The maximum atomic E-state index is 15.8. The van der Waals surface area contributed by atoms with Gasteiger partial charge in [0.1, 0.15) is 5.69 Å². The summed E-state index contributed by atoms with van der Waals surface area (Å²) in [6.45, 7) is 8.83. The molecule has 1 aliphatic carbocycles. The minimum Gasteiger partial charge on any atom is -0.393 e. The number of pyridine rings is 1. The number of imidazole rings is 1. The molecule has 49 heavy (non-hydrogen) atoms. The molecule has 0 radical (unpaired) electrons. The normalized spacial score (nSPS) is 23.7. The van der Waals surface area contributed by atoms with Crippen LogP contribution in [0.25, 0.3) is 22.3 Å². The van der Waals surface area contributed by atoms with Gasteiger partial charge in [0.15, 0.2) is 5.82 Å². The minimum atomic E-state index is -0.690. The Hall–Kier alpha value is -3.87. The summed E-state index contributed by atoms with van der Waals surface area (Å²) in [5.41, 5.74) is 4.75. The third-order valence-corrected chi connectivity index (χ3v) is 12.0. The van der Waals surface area contributed by atoms with Crippen molar-refractivity contribution in [1.82, 2.24) is 34.1 Å². The van der Waals surface area contributed by atoms with E-state index < -0.39 is 11.7 Å². The quantitative estimate of drug-likeness (QED) is 0.296. The first-order valence-corrected chi connectivity index (χ1v) is 18.0. The van der Waals surface area contributed by atoms with E-state index >= 15 is 4.39 Å². The van der Waals surface area contributed by atoms with Crippen LogP contribution < -0.4 is 10.2 Å². The third kappa shape index (κ3) is 6.01. The van der Waals surface area contributed by atoms with Crippen molar-refractivity contribution in [1.29, 1.82) is 0 Å². The topological polar surface area (TPSA) is 108 Å². The molecule has 11 nitrogen and oxygen atoms in total. The van der Waals surface area contributed by atoms with E-state index in [2.05, 4.69) is 53.8 Å². The SMILES string of the molecule is Cc1c(-c2nccc(C(=O)Nc3nc4ccc(N5CCC(N6CC7(CCN(C)CC7)C6)CC5)cc4n3C3CCC(O)CC3)c2F)cnn1C. The van der Waals surface area contributed by atoms with Crippen LogP contribution in [0.2, 0.25) is 0 Å². The van der Waals surface area contributed by atoms with Gasteiger partial charge in [-0.05, 0) is 108 Å². The number of rotatable bonds is 6. The van der Waals surface area contributed by atoms with Gasteiger partial charge >= 0.3 is 0 Å². The first-order chi connectivity index (χ1) is 23.7. The van der Waals surface area contributed by atoms with Gasteiger partial charge in [-0.1, -0.05) is 0 Å². The van der Waals surface area contributed by atoms with Crippen molar-refractivity contribution in [2.45, 2.75) is 76.5 Å². The summed E-state index contributed by atoms with van der Waals surface area (Å²) >= 11 is 0. The highest BCUT2D eigenvalue weighted by atomic mass is 19.1. The maximum absolute atomic E-state index is 15.8. The number of nitrogens with one attached hydrogen (secondary N) is 1. The predicted molar refractivity (Wildman–Crippen MR) is 188 cm³/mol. The molecule has 1 aromatic carbocycles. The predicted octanol–water partition coefficient (Wildman–Crippen LogP) is 5.00. The van der Waals surface area contributed by atoms with Crippen molar-refractivity contribution in [2.24, 2.45) is 12.5 Å². The molecule has 0 unspecified atom stereocenters. The lowest BCUT2D eigenvalue weighted by Gasteiger charge is -2.57. The summed E-state index contributed by atoms with van der Waals surface area (Å²) in [6, 6.07) is 8.49. The summed E-state index contributed by atoms with van der Waals surface area (Å²) in [5.74, 6) is -0.872. The number of halogens is 1. The number of benzene rings is 1. The molecule has 3 aliphatic heterocycles. The van der Waals surface area contributed by atoms with E-state index in [1.165, 1.54) is 51.3 Å². The standard InChI is InChI=1S/C37H48FN9O2/c1-24-30(21-40-44(24)3)34-33(38)29(10-15-39-34)35(49)42-36-41-31-9-6-27(20-32(31)47(36)26-4-7-28(48)8-5-26)45-16-11-25(12-17-45)46-22-37(23-46)13-18-43(2)19-14-37/h6,9-10,15,20-21,25-26,28,48H,4-5,7-8,11-14,16-19,22-23H2,1-3H3,(H,41,42,49). The molecule has 4 aromatic rings. The highest BCUT2D eigenvalue weighted by Gasteiger charge is 2.46. The number of piperidine rings is 2.